The molecule has 0 aliphatic carbocycles. The molecule has 0 atom stereocenters. The minimum Gasteiger partial charge on any atom is -0.396 e. The summed E-state index contributed by atoms with van der Waals surface area (Å²) in [5.74, 6) is -0.988. The summed E-state index contributed by atoms with van der Waals surface area (Å²) in [6.45, 7) is 3.26. The highest BCUT2D eigenvalue weighted by Gasteiger charge is 2.22. The van der Waals surface area contributed by atoms with Gasteiger partial charge in [-0.3, -0.25) is 0 Å². The minimum atomic E-state index is -3.92. The summed E-state index contributed by atoms with van der Waals surface area (Å²) >= 11 is 5.63. The van der Waals surface area contributed by atoms with Crippen molar-refractivity contribution >= 4 is 27.3 Å². The number of nitrogen functional groups attached to an aromatic ring is 1. The highest BCUT2D eigenvalue weighted by atomic mass is 35.5. The van der Waals surface area contributed by atoms with Crippen LogP contribution in [0.3, 0.4) is 0 Å². The second kappa shape index (κ2) is 4.57. The fourth-order valence-electron chi connectivity index (χ4n) is 1.15. The van der Waals surface area contributed by atoms with Crippen LogP contribution < -0.4 is 10.5 Å². The van der Waals surface area contributed by atoms with Gasteiger partial charge in [-0.25, -0.2) is 17.5 Å². The fourth-order valence-corrected chi connectivity index (χ4v) is 2.83. The van der Waals surface area contributed by atoms with Gasteiger partial charge < -0.3 is 5.73 Å². The predicted molar refractivity (Wildman–Crippen MR) is 61.3 cm³/mol. The van der Waals surface area contributed by atoms with E-state index in [1.165, 1.54) is 0 Å². The van der Waals surface area contributed by atoms with Crippen LogP contribution in [-0.4, -0.2) is 14.5 Å². The summed E-state index contributed by atoms with van der Waals surface area (Å²) in [6, 6.07) is 1.84. The van der Waals surface area contributed by atoms with Crippen molar-refractivity contribution in [3.8, 4) is 0 Å². The van der Waals surface area contributed by atoms with E-state index in [-0.39, 0.29) is 16.8 Å². The molecule has 1 aromatic rings. The second-order valence-corrected chi connectivity index (χ2v) is 5.70. The third-order valence-corrected chi connectivity index (χ3v) is 3.59. The number of benzene rings is 1. The van der Waals surface area contributed by atoms with E-state index < -0.39 is 20.7 Å². The van der Waals surface area contributed by atoms with Gasteiger partial charge in [-0.2, -0.15) is 0 Å². The van der Waals surface area contributed by atoms with E-state index in [0.29, 0.717) is 0 Å². The van der Waals surface area contributed by atoms with E-state index in [1.54, 1.807) is 13.8 Å². The first kappa shape index (κ1) is 13.2. The molecule has 4 nitrogen and oxygen atoms in total. The molecule has 0 aliphatic heterocycles. The maximum Gasteiger partial charge on any atom is 0.243 e. The molecule has 0 saturated carbocycles. The smallest absolute Gasteiger partial charge is 0.243 e. The molecule has 1 aromatic carbocycles. The van der Waals surface area contributed by atoms with Crippen molar-refractivity contribution in [2.45, 2.75) is 24.8 Å². The topological polar surface area (TPSA) is 72.2 Å². The number of halogens is 2. The lowest BCUT2D eigenvalue weighted by atomic mass is 10.3. The van der Waals surface area contributed by atoms with Crippen LogP contribution in [-0.2, 0) is 10.0 Å². The minimum absolute atomic E-state index is 0.0723. The molecular weight excluding hydrogens is 255 g/mol. The molecular formula is C9H12ClFN2O2S. The van der Waals surface area contributed by atoms with Gasteiger partial charge in [-0.05, 0) is 26.0 Å². The largest absolute Gasteiger partial charge is 0.396 e. The number of nitrogens with two attached hydrogens (primary N) is 1. The van der Waals surface area contributed by atoms with E-state index in [2.05, 4.69) is 4.72 Å². The fraction of sp³-hybridized carbons (Fsp3) is 0.333. The van der Waals surface area contributed by atoms with Crippen molar-refractivity contribution in [2.24, 2.45) is 0 Å². The molecule has 16 heavy (non-hydrogen) atoms. The van der Waals surface area contributed by atoms with Crippen molar-refractivity contribution < 1.29 is 12.8 Å². The van der Waals surface area contributed by atoms with Gasteiger partial charge in [0.15, 0.2) is 5.82 Å². The maximum atomic E-state index is 13.5. The number of hydrogen-bond donors (Lipinski definition) is 2. The molecule has 0 spiro atoms. The molecule has 3 N–H and O–H groups in total. The number of anilines is 1. The molecule has 0 saturated heterocycles. The molecule has 0 aliphatic rings. The van der Waals surface area contributed by atoms with Crippen LogP contribution in [0.1, 0.15) is 13.8 Å². The monoisotopic (exact) mass is 266 g/mol. The lowest BCUT2D eigenvalue weighted by molar-refractivity contribution is 0.550. The number of rotatable bonds is 3. The zero-order valence-electron chi connectivity index (χ0n) is 8.79. The standard InChI is InChI=1S/C9H12ClFN2O2S/c1-5(2)13-16(14,15)8-4-6(10)3-7(12)9(8)11/h3-5,13H,12H2,1-2H3. The zero-order chi connectivity index (χ0) is 12.5. The Morgan fingerprint density at radius 1 is 1.44 bits per heavy atom. The number of nitrogens with one attached hydrogen (secondary N) is 1. The Morgan fingerprint density at radius 2 is 2.00 bits per heavy atom. The maximum absolute atomic E-state index is 13.5. The summed E-state index contributed by atoms with van der Waals surface area (Å²) in [7, 11) is -3.92. The Kier molecular flexibility index (Phi) is 3.77. The average molecular weight is 267 g/mol. The van der Waals surface area contributed by atoms with Crippen LogP contribution >= 0.6 is 11.6 Å². The highest BCUT2D eigenvalue weighted by Crippen LogP contribution is 2.25. The first-order valence-corrected chi connectivity index (χ1v) is 6.37. The Bertz CT molecular complexity index is 502. The summed E-state index contributed by atoms with van der Waals surface area (Å²) in [6.07, 6.45) is 0. The van der Waals surface area contributed by atoms with Gasteiger partial charge in [0.25, 0.3) is 0 Å². The van der Waals surface area contributed by atoms with Crippen molar-refractivity contribution in [3.63, 3.8) is 0 Å². The molecule has 0 radical (unpaired) electrons. The van der Waals surface area contributed by atoms with Gasteiger partial charge in [0.05, 0.1) is 5.69 Å². The Morgan fingerprint density at radius 3 is 2.50 bits per heavy atom. The molecule has 0 bridgehead atoms. The summed E-state index contributed by atoms with van der Waals surface area (Å²) in [5.41, 5.74) is 5.00. The Balaban J connectivity index is 3.33. The Labute approximate surface area is 98.6 Å². The number of hydrogen-bond acceptors (Lipinski definition) is 3. The highest BCUT2D eigenvalue weighted by molar-refractivity contribution is 7.89. The SMILES string of the molecule is CC(C)NS(=O)(=O)c1cc(Cl)cc(N)c1F. The second-order valence-electron chi connectivity index (χ2n) is 3.58. The third kappa shape index (κ3) is 2.84. The molecule has 1 rings (SSSR count). The van der Waals surface area contributed by atoms with Gasteiger partial charge in [-0.1, -0.05) is 11.6 Å². The van der Waals surface area contributed by atoms with E-state index >= 15 is 0 Å². The van der Waals surface area contributed by atoms with Gasteiger partial charge >= 0.3 is 0 Å². The van der Waals surface area contributed by atoms with Crippen LogP contribution in [0.5, 0.6) is 0 Å². The van der Waals surface area contributed by atoms with E-state index in [9.17, 15) is 12.8 Å². The molecule has 0 fully saturated rings. The van der Waals surface area contributed by atoms with E-state index in [0.717, 1.165) is 12.1 Å². The first-order chi connectivity index (χ1) is 7.24. The normalized spacial score (nSPS) is 12.1. The quantitative estimate of drug-likeness (QED) is 0.819. The van der Waals surface area contributed by atoms with Crippen LogP contribution in [0.2, 0.25) is 5.02 Å². The molecule has 90 valence electrons. The van der Waals surface area contributed by atoms with E-state index in [1.807, 2.05) is 0 Å². The molecule has 7 heteroatoms. The van der Waals surface area contributed by atoms with Crippen molar-refractivity contribution in [3.05, 3.63) is 23.0 Å². The van der Waals surface area contributed by atoms with E-state index in [4.69, 9.17) is 17.3 Å². The molecule has 0 aromatic heterocycles. The van der Waals surface area contributed by atoms with Gasteiger partial charge in [0.1, 0.15) is 4.90 Å². The molecule has 0 unspecified atom stereocenters. The summed E-state index contributed by atoms with van der Waals surface area (Å²) < 4.78 is 39.2. The van der Waals surface area contributed by atoms with Crippen LogP contribution in [0.25, 0.3) is 0 Å². The van der Waals surface area contributed by atoms with Gasteiger partial charge in [0, 0.05) is 11.1 Å². The van der Waals surface area contributed by atoms with Gasteiger partial charge in [-0.15, -0.1) is 0 Å². The summed E-state index contributed by atoms with van der Waals surface area (Å²) in [4.78, 5) is -0.536. The van der Waals surface area contributed by atoms with Crippen molar-refractivity contribution in [2.75, 3.05) is 5.73 Å². The number of sulfonamides is 1. The first-order valence-electron chi connectivity index (χ1n) is 4.51. The van der Waals surface area contributed by atoms with Crippen LogP contribution in [0.15, 0.2) is 17.0 Å². The average Bonchev–Trinajstić information content (AvgIpc) is 2.08. The lowest BCUT2D eigenvalue weighted by Crippen LogP contribution is -2.31. The molecule has 0 amide bonds. The van der Waals surface area contributed by atoms with Crippen molar-refractivity contribution in [1.82, 2.24) is 4.72 Å². The summed E-state index contributed by atoms with van der Waals surface area (Å²) in [5, 5.41) is 0.0723. The lowest BCUT2D eigenvalue weighted by Gasteiger charge is -2.11. The zero-order valence-corrected chi connectivity index (χ0v) is 10.4. The van der Waals surface area contributed by atoms with Crippen LogP contribution in [0, 0.1) is 5.82 Å². The Hall–Kier alpha value is -0.850. The molecule has 0 heterocycles. The predicted octanol–water partition coefficient (Wildman–Crippen LogP) is 1.75. The van der Waals surface area contributed by atoms with Crippen LogP contribution in [0.4, 0.5) is 10.1 Å². The van der Waals surface area contributed by atoms with Gasteiger partial charge in [0.2, 0.25) is 10.0 Å². The third-order valence-electron chi connectivity index (χ3n) is 1.71. The van der Waals surface area contributed by atoms with Crippen molar-refractivity contribution in [1.29, 1.82) is 0 Å².